The number of aromatic nitrogens is 2. The van der Waals surface area contributed by atoms with Crippen LogP contribution < -0.4 is 14.8 Å². The van der Waals surface area contributed by atoms with Crippen LogP contribution in [0.3, 0.4) is 0 Å². The molecule has 0 saturated carbocycles. The lowest BCUT2D eigenvalue weighted by atomic mass is 9.86. The Bertz CT molecular complexity index is 1150. The highest BCUT2D eigenvalue weighted by atomic mass is 32.1. The van der Waals surface area contributed by atoms with E-state index in [4.69, 9.17) is 9.47 Å². The molecule has 29 heavy (non-hydrogen) atoms. The van der Waals surface area contributed by atoms with Crippen molar-refractivity contribution in [3.63, 3.8) is 0 Å². The summed E-state index contributed by atoms with van der Waals surface area (Å²) in [7, 11) is 1.65. The monoisotopic (exact) mass is 405 g/mol. The minimum Gasteiger partial charge on any atom is -0.494 e. The summed E-state index contributed by atoms with van der Waals surface area (Å²) < 4.78 is 12.7. The van der Waals surface area contributed by atoms with E-state index < -0.39 is 0 Å². The lowest BCUT2D eigenvalue weighted by Gasteiger charge is -2.22. The molecule has 6 heteroatoms. The fourth-order valence-corrected chi connectivity index (χ4v) is 4.00. The lowest BCUT2D eigenvalue weighted by Crippen LogP contribution is -2.12. The molecule has 2 heterocycles. The molecule has 4 rings (SSSR count). The number of methoxy groups -OCH3 is 1. The zero-order valence-electron chi connectivity index (χ0n) is 16.9. The van der Waals surface area contributed by atoms with Gasteiger partial charge in [-0.2, -0.15) is 0 Å². The number of nitrogens with one attached hydrogen (secondary N) is 1. The SMILES string of the molecule is COc1cccc2sc(Nc3cccnc3Oc3ccccc3C(C)(C)C)nc12. The van der Waals surface area contributed by atoms with Crippen molar-refractivity contribution in [2.24, 2.45) is 0 Å². The lowest BCUT2D eigenvalue weighted by molar-refractivity contribution is 0.419. The van der Waals surface area contributed by atoms with Crippen molar-refractivity contribution in [2.45, 2.75) is 26.2 Å². The Morgan fingerprint density at radius 1 is 0.931 bits per heavy atom. The molecule has 0 bridgehead atoms. The molecular weight excluding hydrogens is 382 g/mol. The fourth-order valence-electron chi connectivity index (χ4n) is 3.10. The van der Waals surface area contributed by atoms with E-state index in [1.807, 2.05) is 48.5 Å². The highest BCUT2D eigenvalue weighted by Gasteiger charge is 2.20. The van der Waals surface area contributed by atoms with Crippen LogP contribution in [0.4, 0.5) is 10.8 Å². The first-order chi connectivity index (χ1) is 14.0. The van der Waals surface area contributed by atoms with Gasteiger partial charge in [0.05, 0.1) is 11.8 Å². The van der Waals surface area contributed by atoms with E-state index in [1.165, 1.54) is 0 Å². The Kier molecular flexibility index (Phi) is 5.11. The number of nitrogens with zero attached hydrogens (tertiary/aromatic N) is 2. The van der Waals surface area contributed by atoms with E-state index in [-0.39, 0.29) is 5.41 Å². The number of fused-ring (bicyclic) bond motifs is 1. The summed E-state index contributed by atoms with van der Waals surface area (Å²) in [5, 5.41) is 4.11. The van der Waals surface area contributed by atoms with E-state index in [0.717, 1.165) is 38.1 Å². The van der Waals surface area contributed by atoms with Gasteiger partial charge in [0, 0.05) is 11.8 Å². The summed E-state index contributed by atoms with van der Waals surface area (Å²) in [6, 6.07) is 17.8. The van der Waals surface area contributed by atoms with Crippen molar-refractivity contribution >= 4 is 32.4 Å². The van der Waals surface area contributed by atoms with Crippen LogP contribution in [-0.2, 0) is 5.41 Å². The largest absolute Gasteiger partial charge is 0.494 e. The molecule has 0 radical (unpaired) electrons. The molecular formula is C23H23N3O2S. The summed E-state index contributed by atoms with van der Waals surface area (Å²) in [6.45, 7) is 6.50. The molecule has 0 unspecified atom stereocenters. The number of anilines is 2. The normalized spacial score (nSPS) is 11.4. The Morgan fingerprint density at radius 3 is 2.52 bits per heavy atom. The quantitative estimate of drug-likeness (QED) is 0.409. The summed E-state index contributed by atoms with van der Waals surface area (Å²) in [5.74, 6) is 2.07. The predicted octanol–water partition coefficient (Wildman–Crippen LogP) is 6.53. The number of para-hydroxylation sites is 2. The molecule has 4 aromatic rings. The van der Waals surface area contributed by atoms with Crippen LogP contribution in [-0.4, -0.2) is 17.1 Å². The van der Waals surface area contributed by atoms with Crippen molar-refractivity contribution < 1.29 is 9.47 Å². The number of rotatable bonds is 5. The Balaban J connectivity index is 1.67. The first-order valence-electron chi connectivity index (χ1n) is 9.38. The number of benzene rings is 2. The van der Waals surface area contributed by atoms with Crippen LogP contribution in [0.5, 0.6) is 17.4 Å². The van der Waals surface area contributed by atoms with Crippen LogP contribution >= 0.6 is 11.3 Å². The molecule has 0 amide bonds. The number of ether oxygens (including phenoxy) is 2. The Labute approximate surface area is 174 Å². The molecule has 148 valence electrons. The van der Waals surface area contributed by atoms with Gasteiger partial charge in [-0.15, -0.1) is 0 Å². The van der Waals surface area contributed by atoms with E-state index >= 15 is 0 Å². The third kappa shape index (κ3) is 4.03. The molecule has 0 aliphatic heterocycles. The highest BCUT2D eigenvalue weighted by Crippen LogP contribution is 2.38. The van der Waals surface area contributed by atoms with Gasteiger partial charge in [0.25, 0.3) is 0 Å². The second-order valence-electron chi connectivity index (χ2n) is 7.66. The molecule has 0 fully saturated rings. The Hall–Kier alpha value is -3.12. The smallest absolute Gasteiger partial charge is 0.243 e. The van der Waals surface area contributed by atoms with E-state index in [0.29, 0.717) is 5.88 Å². The van der Waals surface area contributed by atoms with Crippen molar-refractivity contribution in [3.8, 4) is 17.4 Å². The molecule has 0 aliphatic rings. The van der Waals surface area contributed by atoms with Crippen LogP contribution in [0.25, 0.3) is 10.2 Å². The van der Waals surface area contributed by atoms with Gasteiger partial charge in [0.15, 0.2) is 5.13 Å². The molecule has 2 aromatic heterocycles. The maximum absolute atomic E-state index is 6.24. The number of pyridine rings is 1. The minimum atomic E-state index is -0.0391. The predicted molar refractivity (Wildman–Crippen MR) is 119 cm³/mol. The standard InChI is InChI=1S/C23H23N3O2S/c1-23(2,3)15-9-5-6-11-17(15)28-21-16(10-8-14-24-21)25-22-26-20-18(27-4)12-7-13-19(20)29-22/h5-14H,1-4H3,(H,25,26). The third-order valence-electron chi connectivity index (χ3n) is 4.52. The maximum Gasteiger partial charge on any atom is 0.243 e. The average Bonchev–Trinajstić information content (AvgIpc) is 3.11. The summed E-state index contributed by atoms with van der Waals surface area (Å²) in [5.41, 5.74) is 2.69. The van der Waals surface area contributed by atoms with Gasteiger partial charge < -0.3 is 14.8 Å². The molecule has 1 N–H and O–H groups in total. The van der Waals surface area contributed by atoms with Crippen LogP contribution in [0.2, 0.25) is 0 Å². The van der Waals surface area contributed by atoms with Crippen molar-refractivity contribution in [1.82, 2.24) is 9.97 Å². The topological polar surface area (TPSA) is 56.3 Å². The minimum absolute atomic E-state index is 0.0391. The molecule has 5 nitrogen and oxygen atoms in total. The summed E-state index contributed by atoms with van der Waals surface area (Å²) in [4.78, 5) is 9.13. The molecule has 0 spiro atoms. The van der Waals surface area contributed by atoms with Gasteiger partial charge in [-0.1, -0.05) is 56.4 Å². The molecule has 0 saturated heterocycles. The molecule has 2 aromatic carbocycles. The second kappa shape index (κ2) is 7.72. The van der Waals surface area contributed by atoms with E-state index in [2.05, 4.69) is 42.1 Å². The van der Waals surface area contributed by atoms with E-state index in [1.54, 1.807) is 24.6 Å². The number of hydrogen-bond donors (Lipinski definition) is 1. The van der Waals surface area contributed by atoms with Crippen LogP contribution in [0.15, 0.2) is 60.8 Å². The number of thiazole rings is 1. The van der Waals surface area contributed by atoms with Crippen molar-refractivity contribution in [2.75, 3.05) is 12.4 Å². The van der Waals surface area contributed by atoms with Crippen molar-refractivity contribution in [1.29, 1.82) is 0 Å². The first-order valence-corrected chi connectivity index (χ1v) is 10.2. The zero-order valence-corrected chi connectivity index (χ0v) is 17.7. The Morgan fingerprint density at radius 2 is 1.72 bits per heavy atom. The van der Waals surface area contributed by atoms with Crippen molar-refractivity contribution in [3.05, 3.63) is 66.4 Å². The third-order valence-corrected chi connectivity index (χ3v) is 5.45. The van der Waals surface area contributed by atoms with Crippen LogP contribution in [0, 0.1) is 0 Å². The van der Waals surface area contributed by atoms with Gasteiger partial charge >= 0.3 is 0 Å². The zero-order chi connectivity index (χ0) is 20.4. The van der Waals surface area contributed by atoms with Gasteiger partial charge in [-0.25, -0.2) is 9.97 Å². The molecule has 0 atom stereocenters. The maximum atomic E-state index is 6.24. The van der Waals surface area contributed by atoms with Gasteiger partial charge in [-0.05, 0) is 35.7 Å². The number of hydrogen-bond acceptors (Lipinski definition) is 6. The highest BCUT2D eigenvalue weighted by molar-refractivity contribution is 7.22. The van der Waals surface area contributed by atoms with Crippen LogP contribution in [0.1, 0.15) is 26.3 Å². The van der Waals surface area contributed by atoms with E-state index in [9.17, 15) is 0 Å². The summed E-state index contributed by atoms with van der Waals surface area (Å²) in [6.07, 6.45) is 1.72. The van der Waals surface area contributed by atoms with Gasteiger partial charge in [-0.3, -0.25) is 0 Å². The first kappa shape index (κ1) is 19.2. The van der Waals surface area contributed by atoms with Gasteiger partial charge in [0.2, 0.25) is 5.88 Å². The average molecular weight is 406 g/mol. The summed E-state index contributed by atoms with van der Waals surface area (Å²) >= 11 is 1.56. The fraction of sp³-hybridized carbons (Fsp3) is 0.217. The molecule has 0 aliphatic carbocycles. The van der Waals surface area contributed by atoms with Gasteiger partial charge in [0.1, 0.15) is 22.7 Å². The second-order valence-corrected chi connectivity index (χ2v) is 8.69.